The van der Waals surface area contributed by atoms with Gasteiger partial charge >= 0.3 is 0 Å². The molecule has 0 aromatic carbocycles. The van der Waals surface area contributed by atoms with Gasteiger partial charge in [-0.3, -0.25) is 0 Å². The Morgan fingerprint density at radius 3 is 2.62 bits per heavy atom. The highest BCUT2D eigenvalue weighted by molar-refractivity contribution is 4.92. The third-order valence-electron chi connectivity index (χ3n) is 2.15. The van der Waals surface area contributed by atoms with Crippen molar-refractivity contribution >= 4 is 0 Å². The van der Waals surface area contributed by atoms with Crippen LogP contribution in [0.3, 0.4) is 0 Å². The SMILES string of the molecule is CC(C)(C)C(C#N)Cn1ccnc1. The van der Waals surface area contributed by atoms with Gasteiger partial charge in [-0.05, 0) is 5.41 Å². The second-order valence-corrected chi connectivity index (χ2v) is 4.31. The lowest BCUT2D eigenvalue weighted by atomic mass is 9.82. The minimum Gasteiger partial charge on any atom is -0.336 e. The van der Waals surface area contributed by atoms with E-state index >= 15 is 0 Å². The second-order valence-electron chi connectivity index (χ2n) is 4.31. The molecule has 0 saturated carbocycles. The fraction of sp³-hybridized carbons (Fsp3) is 0.600. The summed E-state index contributed by atoms with van der Waals surface area (Å²) in [6, 6.07) is 2.33. The molecule has 1 unspecified atom stereocenters. The Balaban J connectivity index is 2.67. The molecule has 0 spiro atoms. The summed E-state index contributed by atoms with van der Waals surface area (Å²) in [6.07, 6.45) is 5.36. The summed E-state index contributed by atoms with van der Waals surface area (Å²) in [5.74, 6) is 0.0294. The molecule has 0 aliphatic heterocycles. The average molecular weight is 177 g/mol. The van der Waals surface area contributed by atoms with Gasteiger partial charge in [0, 0.05) is 18.9 Å². The van der Waals surface area contributed by atoms with Crippen molar-refractivity contribution in [2.75, 3.05) is 0 Å². The van der Waals surface area contributed by atoms with Crippen LogP contribution in [0.4, 0.5) is 0 Å². The molecule has 0 aliphatic carbocycles. The predicted molar refractivity (Wildman–Crippen MR) is 50.8 cm³/mol. The third-order valence-corrected chi connectivity index (χ3v) is 2.15. The first-order valence-corrected chi connectivity index (χ1v) is 4.39. The summed E-state index contributed by atoms with van der Waals surface area (Å²) in [6.45, 7) is 6.97. The molecule has 1 heterocycles. The molecule has 3 heteroatoms. The molecule has 3 nitrogen and oxygen atoms in total. The van der Waals surface area contributed by atoms with E-state index < -0.39 is 0 Å². The standard InChI is InChI=1S/C10H15N3/c1-10(2,3)9(6-11)7-13-5-4-12-8-13/h4-5,8-9H,7H2,1-3H3. The van der Waals surface area contributed by atoms with E-state index in [1.165, 1.54) is 0 Å². The van der Waals surface area contributed by atoms with Gasteiger partial charge in [0.1, 0.15) is 0 Å². The summed E-state index contributed by atoms with van der Waals surface area (Å²) in [7, 11) is 0. The van der Waals surface area contributed by atoms with Gasteiger partial charge in [-0.15, -0.1) is 0 Å². The fourth-order valence-corrected chi connectivity index (χ4v) is 1.11. The molecule has 0 aliphatic rings. The fourth-order valence-electron chi connectivity index (χ4n) is 1.11. The minimum atomic E-state index is 0.0268. The molecule has 0 fully saturated rings. The summed E-state index contributed by atoms with van der Waals surface area (Å²) in [5, 5.41) is 8.98. The van der Waals surface area contributed by atoms with Gasteiger partial charge in [0.05, 0.1) is 18.3 Å². The monoisotopic (exact) mass is 177 g/mol. The molecule has 13 heavy (non-hydrogen) atoms. The number of rotatable bonds is 2. The maximum Gasteiger partial charge on any atom is 0.0946 e. The van der Waals surface area contributed by atoms with Crippen molar-refractivity contribution in [3.63, 3.8) is 0 Å². The first-order chi connectivity index (χ1) is 6.04. The molecule has 0 N–H and O–H groups in total. The van der Waals surface area contributed by atoms with Crippen LogP contribution in [0.2, 0.25) is 0 Å². The van der Waals surface area contributed by atoms with Crippen molar-refractivity contribution in [1.29, 1.82) is 5.26 Å². The van der Waals surface area contributed by atoms with E-state index in [0.717, 1.165) is 6.54 Å². The molecule has 1 aromatic heterocycles. The lowest BCUT2D eigenvalue weighted by Crippen LogP contribution is -2.23. The van der Waals surface area contributed by atoms with E-state index in [2.05, 4.69) is 31.8 Å². The number of aromatic nitrogens is 2. The number of nitrogens with zero attached hydrogens (tertiary/aromatic N) is 3. The van der Waals surface area contributed by atoms with Gasteiger partial charge < -0.3 is 4.57 Å². The minimum absolute atomic E-state index is 0.0268. The van der Waals surface area contributed by atoms with Crippen LogP contribution in [0, 0.1) is 22.7 Å². The van der Waals surface area contributed by atoms with Gasteiger partial charge in [-0.2, -0.15) is 5.26 Å². The van der Waals surface area contributed by atoms with Crippen molar-refractivity contribution < 1.29 is 0 Å². The average Bonchev–Trinajstić information content (AvgIpc) is 2.49. The Bertz CT molecular complexity index is 287. The number of nitriles is 1. The van der Waals surface area contributed by atoms with Crippen LogP contribution in [-0.4, -0.2) is 9.55 Å². The zero-order valence-corrected chi connectivity index (χ0v) is 8.36. The lowest BCUT2D eigenvalue weighted by Gasteiger charge is -2.24. The van der Waals surface area contributed by atoms with Crippen LogP contribution in [0.1, 0.15) is 20.8 Å². The van der Waals surface area contributed by atoms with Crippen LogP contribution < -0.4 is 0 Å². The van der Waals surface area contributed by atoms with E-state index in [1.54, 1.807) is 12.5 Å². The highest BCUT2D eigenvalue weighted by Crippen LogP contribution is 2.26. The van der Waals surface area contributed by atoms with Crippen LogP contribution in [-0.2, 0) is 6.54 Å². The zero-order valence-electron chi connectivity index (χ0n) is 8.36. The van der Waals surface area contributed by atoms with Crippen LogP contribution >= 0.6 is 0 Å². The van der Waals surface area contributed by atoms with E-state index in [-0.39, 0.29) is 11.3 Å². The number of hydrogen-bond acceptors (Lipinski definition) is 2. The van der Waals surface area contributed by atoms with Gasteiger partial charge in [0.2, 0.25) is 0 Å². The van der Waals surface area contributed by atoms with Gasteiger partial charge in [0.25, 0.3) is 0 Å². The molecular weight excluding hydrogens is 162 g/mol. The van der Waals surface area contributed by atoms with E-state index in [0.29, 0.717) is 0 Å². The van der Waals surface area contributed by atoms with Crippen LogP contribution in [0.5, 0.6) is 0 Å². The molecule has 1 rings (SSSR count). The smallest absolute Gasteiger partial charge is 0.0946 e. The summed E-state index contributed by atoms with van der Waals surface area (Å²) >= 11 is 0. The Kier molecular flexibility index (Phi) is 2.72. The maximum atomic E-state index is 8.98. The molecular formula is C10H15N3. The van der Waals surface area contributed by atoms with Gasteiger partial charge in [-0.1, -0.05) is 20.8 Å². The third kappa shape index (κ3) is 2.59. The predicted octanol–water partition coefficient (Wildman–Crippen LogP) is 2.07. The largest absolute Gasteiger partial charge is 0.336 e. The van der Waals surface area contributed by atoms with Crippen molar-refractivity contribution in [2.24, 2.45) is 11.3 Å². The first-order valence-electron chi connectivity index (χ1n) is 4.39. The molecule has 1 aromatic rings. The first kappa shape index (κ1) is 9.79. The van der Waals surface area contributed by atoms with Crippen molar-refractivity contribution in [2.45, 2.75) is 27.3 Å². The van der Waals surface area contributed by atoms with Crippen LogP contribution in [0.25, 0.3) is 0 Å². The lowest BCUT2D eigenvalue weighted by molar-refractivity contribution is 0.271. The van der Waals surface area contributed by atoms with Crippen molar-refractivity contribution in [3.05, 3.63) is 18.7 Å². The van der Waals surface area contributed by atoms with E-state index in [1.807, 2.05) is 10.8 Å². The maximum absolute atomic E-state index is 8.98. The molecule has 0 saturated heterocycles. The number of imidazole rings is 1. The van der Waals surface area contributed by atoms with Gasteiger partial charge in [0.15, 0.2) is 0 Å². The Hall–Kier alpha value is -1.30. The molecule has 0 bridgehead atoms. The second kappa shape index (κ2) is 3.61. The molecule has 0 radical (unpaired) electrons. The Labute approximate surface area is 79.0 Å². The summed E-state index contributed by atoms with van der Waals surface area (Å²) < 4.78 is 1.94. The summed E-state index contributed by atoms with van der Waals surface area (Å²) in [5.41, 5.74) is 0.0268. The molecule has 70 valence electrons. The number of hydrogen-bond donors (Lipinski definition) is 0. The Morgan fingerprint density at radius 1 is 1.54 bits per heavy atom. The van der Waals surface area contributed by atoms with Crippen LogP contribution in [0.15, 0.2) is 18.7 Å². The van der Waals surface area contributed by atoms with Gasteiger partial charge in [-0.25, -0.2) is 4.98 Å². The van der Waals surface area contributed by atoms with E-state index in [4.69, 9.17) is 5.26 Å². The molecule has 1 atom stereocenters. The van der Waals surface area contributed by atoms with Crippen molar-refractivity contribution in [3.8, 4) is 6.07 Å². The molecule has 0 amide bonds. The summed E-state index contributed by atoms with van der Waals surface area (Å²) in [4.78, 5) is 3.95. The normalized spacial score (nSPS) is 13.7. The van der Waals surface area contributed by atoms with Crippen molar-refractivity contribution in [1.82, 2.24) is 9.55 Å². The zero-order chi connectivity index (χ0) is 9.90. The highest BCUT2D eigenvalue weighted by Gasteiger charge is 2.24. The Morgan fingerprint density at radius 2 is 2.23 bits per heavy atom. The topological polar surface area (TPSA) is 41.6 Å². The quantitative estimate of drug-likeness (QED) is 0.694. The highest BCUT2D eigenvalue weighted by atomic mass is 15.0. The van der Waals surface area contributed by atoms with E-state index in [9.17, 15) is 0 Å².